The van der Waals surface area contributed by atoms with E-state index in [1.54, 1.807) is 0 Å². The van der Waals surface area contributed by atoms with Crippen molar-refractivity contribution in [2.24, 2.45) is 0 Å². The van der Waals surface area contributed by atoms with E-state index < -0.39 is 0 Å². The molecule has 0 aliphatic heterocycles. The Bertz CT molecular complexity index is 293. The molecule has 0 spiro atoms. The molecule has 0 bridgehead atoms. The second-order valence-electron chi connectivity index (χ2n) is 4.73. The molecule has 0 aromatic heterocycles. The van der Waals surface area contributed by atoms with Crippen LogP contribution in [0.4, 0.5) is 0 Å². The first-order valence-electron chi connectivity index (χ1n) is 7.32. The van der Waals surface area contributed by atoms with Crippen LogP contribution in [0.3, 0.4) is 0 Å². The third kappa shape index (κ3) is 5.19. The van der Waals surface area contributed by atoms with Gasteiger partial charge in [0.1, 0.15) is 0 Å². The van der Waals surface area contributed by atoms with Gasteiger partial charge in [0.15, 0.2) is 0 Å². The fourth-order valence-electron chi connectivity index (χ4n) is 2.24. The van der Waals surface area contributed by atoms with Crippen molar-refractivity contribution in [3.8, 4) is 0 Å². The summed E-state index contributed by atoms with van der Waals surface area (Å²) in [4.78, 5) is 2.49. The van der Waals surface area contributed by atoms with Gasteiger partial charge in [-0.15, -0.1) is 0 Å². The molecule has 0 heterocycles. The molecule has 0 fully saturated rings. The van der Waals surface area contributed by atoms with Crippen molar-refractivity contribution in [2.45, 2.75) is 39.7 Å². The van der Waals surface area contributed by atoms with Crippen LogP contribution in [0.1, 0.15) is 45.2 Å². The summed E-state index contributed by atoms with van der Waals surface area (Å²) in [6.45, 7) is 11.2. The zero-order valence-corrected chi connectivity index (χ0v) is 12.2. The number of rotatable bonds is 9. The molecule has 1 aromatic rings. The molecule has 1 aromatic carbocycles. The maximum atomic E-state index is 3.66. The molecule has 18 heavy (non-hydrogen) atoms. The summed E-state index contributed by atoms with van der Waals surface area (Å²) in [5.41, 5.74) is 1.41. The van der Waals surface area contributed by atoms with Gasteiger partial charge in [-0.2, -0.15) is 0 Å². The lowest BCUT2D eigenvalue weighted by Gasteiger charge is -2.24. The third-order valence-electron chi connectivity index (χ3n) is 3.47. The predicted molar refractivity (Wildman–Crippen MR) is 79.9 cm³/mol. The molecule has 102 valence electrons. The van der Waals surface area contributed by atoms with Crippen molar-refractivity contribution >= 4 is 0 Å². The molecule has 1 unspecified atom stereocenters. The number of hydrogen-bond donors (Lipinski definition) is 1. The van der Waals surface area contributed by atoms with E-state index in [1.807, 2.05) is 0 Å². The molecule has 1 atom stereocenters. The van der Waals surface area contributed by atoms with Crippen LogP contribution in [-0.2, 0) is 0 Å². The summed E-state index contributed by atoms with van der Waals surface area (Å²) >= 11 is 0. The zero-order valence-electron chi connectivity index (χ0n) is 12.2. The minimum absolute atomic E-state index is 0.492. The van der Waals surface area contributed by atoms with E-state index in [9.17, 15) is 0 Å². The highest BCUT2D eigenvalue weighted by molar-refractivity contribution is 5.18. The number of nitrogens with zero attached hydrogens (tertiary/aromatic N) is 1. The molecule has 0 amide bonds. The Morgan fingerprint density at radius 1 is 1.06 bits per heavy atom. The Morgan fingerprint density at radius 2 is 1.72 bits per heavy atom. The summed E-state index contributed by atoms with van der Waals surface area (Å²) in [6, 6.07) is 11.3. The quantitative estimate of drug-likeness (QED) is 0.720. The van der Waals surface area contributed by atoms with Crippen molar-refractivity contribution in [1.29, 1.82) is 0 Å². The van der Waals surface area contributed by atoms with Crippen LogP contribution in [0.25, 0.3) is 0 Å². The normalized spacial score (nSPS) is 12.9. The second kappa shape index (κ2) is 9.12. The second-order valence-corrected chi connectivity index (χ2v) is 4.73. The van der Waals surface area contributed by atoms with E-state index >= 15 is 0 Å². The lowest BCUT2D eigenvalue weighted by atomic mass is 10.0. The molecular formula is C16H28N2. The van der Waals surface area contributed by atoms with Crippen LogP contribution >= 0.6 is 0 Å². The van der Waals surface area contributed by atoms with Crippen LogP contribution < -0.4 is 5.32 Å². The van der Waals surface area contributed by atoms with Crippen LogP contribution in [-0.4, -0.2) is 31.1 Å². The van der Waals surface area contributed by atoms with Crippen molar-refractivity contribution < 1.29 is 0 Å². The molecule has 0 radical (unpaired) electrons. The summed E-state index contributed by atoms with van der Waals surface area (Å²) < 4.78 is 0. The number of nitrogens with one attached hydrogen (secondary N) is 1. The zero-order chi connectivity index (χ0) is 13.2. The average molecular weight is 248 g/mol. The van der Waals surface area contributed by atoms with Crippen molar-refractivity contribution in [3.05, 3.63) is 35.9 Å². The third-order valence-corrected chi connectivity index (χ3v) is 3.47. The average Bonchev–Trinajstić information content (AvgIpc) is 2.44. The molecule has 0 aliphatic rings. The van der Waals surface area contributed by atoms with Gasteiger partial charge in [-0.1, -0.05) is 51.1 Å². The largest absolute Gasteiger partial charge is 0.310 e. The van der Waals surface area contributed by atoms with Gasteiger partial charge in [0.2, 0.25) is 0 Å². The van der Waals surface area contributed by atoms with Crippen LogP contribution in [0.5, 0.6) is 0 Å². The highest BCUT2D eigenvalue weighted by atomic mass is 15.1. The van der Waals surface area contributed by atoms with Gasteiger partial charge in [0.25, 0.3) is 0 Å². The minimum atomic E-state index is 0.492. The maximum Gasteiger partial charge on any atom is 0.0332 e. The lowest BCUT2D eigenvalue weighted by Crippen LogP contribution is -2.29. The first-order chi connectivity index (χ1) is 8.81. The molecule has 0 saturated heterocycles. The Kier molecular flexibility index (Phi) is 7.70. The smallest absolute Gasteiger partial charge is 0.0332 e. The predicted octanol–water partition coefficient (Wildman–Crippen LogP) is 3.46. The Morgan fingerprint density at radius 3 is 2.28 bits per heavy atom. The van der Waals surface area contributed by atoms with Gasteiger partial charge < -0.3 is 10.2 Å². The Labute approximate surface area is 112 Å². The SMILES string of the molecule is CCCNC(CCN(CC)CC)c1ccccc1. The van der Waals surface area contributed by atoms with Crippen molar-refractivity contribution in [2.75, 3.05) is 26.2 Å². The summed E-state index contributed by atoms with van der Waals surface area (Å²) in [5.74, 6) is 0. The molecule has 2 nitrogen and oxygen atoms in total. The highest BCUT2D eigenvalue weighted by Crippen LogP contribution is 2.16. The Hall–Kier alpha value is -0.860. The molecule has 1 rings (SSSR count). The fourth-order valence-corrected chi connectivity index (χ4v) is 2.24. The number of benzene rings is 1. The summed E-state index contributed by atoms with van der Waals surface area (Å²) in [5, 5.41) is 3.66. The van der Waals surface area contributed by atoms with Crippen LogP contribution in [0.15, 0.2) is 30.3 Å². The minimum Gasteiger partial charge on any atom is -0.310 e. The summed E-state index contributed by atoms with van der Waals surface area (Å²) in [7, 11) is 0. The van der Waals surface area contributed by atoms with Crippen LogP contribution in [0, 0.1) is 0 Å². The van der Waals surface area contributed by atoms with Crippen LogP contribution in [0.2, 0.25) is 0 Å². The molecule has 0 saturated carbocycles. The Balaban J connectivity index is 2.56. The maximum absolute atomic E-state index is 3.66. The fraction of sp³-hybridized carbons (Fsp3) is 0.625. The van der Waals surface area contributed by atoms with E-state index in [2.05, 4.69) is 61.3 Å². The highest BCUT2D eigenvalue weighted by Gasteiger charge is 2.11. The first-order valence-corrected chi connectivity index (χ1v) is 7.32. The van der Waals surface area contributed by atoms with Gasteiger partial charge in [-0.05, 0) is 44.6 Å². The summed E-state index contributed by atoms with van der Waals surface area (Å²) in [6.07, 6.45) is 2.38. The van der Waals surface area contributed by atoms with E-state index in [4.69, 9.17) is 0 Å². The van der Waals surface area contributed by atoms with Gasteiger partial charge in [-0.3, -0.25) is 0 Å². The van der Waals surface area contributed by atoms with Crippen molar-refractivity contribution in [1.82, 2.24) is 10.2 Å². The van der Waals surface area contributed by atoms with Gasteiger partial charge in [0.05, 0.1) is 0 Å². The number of hydrogen-bond acceptors (Lipinski definition) is 2. The van der Waals surface area contributed by atoms with Crippen molar-refractivity contribution in [3.63, 3.8) is 0 Å². The standard InChI is InChI=1S/C16H28N2/c1-4-13-17-16(12-14-18(5-2)6-3)15-10-8-7-9-11-15/h7-11,16-17H,4-6,12-14H2,1-3H3. The molecular weight excluding hydrogens is 220 g/mol. The first kappa shape index (κ1) is 15.2. The molecule has 1 N–H and O–H groups in total. The van der Waals surface area contributed by atoms with E-state index in [1.165, 1.54) is 24.9 Å². The topological polar surface area (TPSA) is 15.3 Å². The van der Waals surface area contributed by atoms with Gasteiger partial charge >= 0.3 is 0 Å². The lowest BCUT2D eigenvalue weighted by molar-refractivity contribution is 0.282. The monoisotopic (exact) mass is 248 g/mol. The molecule has 0 aliphatic carbocycles. The molecule has 2 heteroatoms. The van der Waals surface area contributed by atoms with E-state index in [-0.39, 0.29) is 0 Å². The van der Waals surface area contributed by atoms with Gasteiger partial charge in [-0.25, -0.2) is 0 Å². The van der Waals surface area contributed by atoms with E-state index in [0.717, 1.165) is 19.6 Å². The van der Waals surface area contributed by atoms with E-state index in [0.29, 0.717) is 6.04 Å². The van der Waals surface area contributed by atoms with Gasteiger partial charge in [0, 0.05) is 6.04 Å².